The Bertz CT molecular complexity index is 610. The van der Waals surface area contributed by atoms with E-state index in [9.17, 15) is 5.11 Å². The van der Waals surface area contributed by atoms with Crippen molar-refractivity contribution in [3.63, 3.8) is 0 Å². The van der Waals surface area contributed by atoms with Crippen LogP contribution >= 0.6 is 0 Å². The Morgan fingerprint density at radius 2 is 2.18 bits per heavy atom. The fourth-order valence-electron chi connectivity index (χ4n) is 2.07. The van der Waals surface area contributed by atoms with Gasteiger partial charge in [0.2, 0.25) is 0 Å². The summed E-state index contributed by atoms with van der Waals surface area (Å²) >= 11 is 0. The lowest BCUT2D eigenvalue weighted by Gasteiger charge is -2.22. The van der Waals surface area contributed by atoms with Crippen molar-refractivity contribution in [2.75, 3.05) is 13.6 Å². The average Bonchev–Trinajstić information content (AvgIpc) is 3.12. The molecule has 7 heteroatoms. The molecule has 0 spiro atoms. The number of aliphatic imine (C=N–C) groups is 1. The zero-order chi connectivity index (χ0) is 16.2. The highest BCUT2D eigenvalue weighted by Crippen LogP contribution is 2.19. The summed E-state index contributed by atoms with van der Waals surface area (Å²) in [5.74, 6) is 1.86. The van der Waals surface area contributed by atoms with Gasteiger partial charge in [0.25, 0.3) is 0 Å². The standard InChI is InChI=1S/C15H22N4O3/c1-10-12(11(2)22-19-10)8-17-14(16-4)18-9-15(3,20)13-6-5-7-21-13/h5-7,20H,8-9H2,1-4H3,(H2,16,17,18). The third-order valence-electron chi connectivity index (χ3n) is 3.49. The summed E-state index contributed by atoms with van der Waals surface area (Å²) < 4.78 is 10.4. The van der Waals surface area contributed by atoms with Gasteiger partial charge >= 0.3 is 0 Å². The van der Waals surface area contributed by atoms with Crippen molar-refractivity contribution in [3.05, 3.63) is 41.2 Å². The van der Waals surface area contributed by atoms with E-state index in [1.54, 1.807) is 26.1 Å². The Labute approximate surface area is 129 Å². The number of aromatic nitrogens is 1. The van der Waals surface area contributed by atoms with E-state index >= 15 is 0 Å². The number of guanidine groups is 1. The molecule has 0 aliphatic heterocycles. The summed E-state index contributed by atoms with van der Waals surface area (Å²) in [6.45, 7) is 6.26. The van der Waals surface area contributed by atoms with E-state index in [1.807, 2.05) is 13.8 Å². The second-order valence-corrected chi connectivity index (χ2v) is 5.33. The summed E-state index contributed by atoms with van der Waals surface area (Å²) in [5, 5.41) is 20.6. The highest BCUT2D eigenvalue weighted by atomic mass is 16.5. The van der Waals surface area contributed by atoms with Crippen LogP contribution in [-0.4, -0.2) is 29.8 Å². The lowest BCUT2D eigenvalue weighted by molar-refractivity contribution is 0.0386. The molecule has 0 amide bonds. The SMILES string of the molecule is CN=C(NCc1c(C)noc1C)NCC(C)(O)c1ccco1. The van der Waals surface area contributed by atoms with Crippen molar-refractivity contribution in [2.24, 2.45) is 4.99 Å². The Morgan fingerprint density at radius 3 is 2.73 bits per heavy atom. The van der Waals surface area contributed by atoms with Gasteiger partial charge in [-0.15, -0.1) is 0 Å². The first kappa shape index (κ1) is 16.1. The van der Waals surface area contributed by atoms with Gasteiger partial charge in [0.1, 0.15) is 17.1 Å². The largest absolute Gasteiger partial charge is 0.466 e. The van der Waals surface area contributed by atoms with Crippen molar-refractivity contribution in [1.29, 1.82) is 0 Å². The zero-order valence-electron chi connectivity index (χ0n) is 13.3. The number of nitrogens with one attached hydrogen (secondary N) is 2. The minimum Gasteiger partial charge on any atom is -0.466 e. The number of hydrogen-bond donors (Lipinski definition) is 3. The fourth-order valence-corrected chi connectivity index (χ4v) is 2.07. The maximum Gasteiger partial charge on any atom is 0.191 e. The first-order chi connectivity index (χ1) is 10.4. The summed E-state index contributed by atoms with van der Waals surface area (Å²) in [4.78, 5) is 4.13. The van der Waals surface area contributed by atoms with Crippen LogP contribution in [-0.2, 0) is 12.1 Å². The molecule has 0 aromatic carbocycles. The van der Waals surface area contributed by atoms with Crippen molar-refractivity contribution in [2.45, 2.75) is 32.9 Å². The molecule has 2 aromatic rings. The predicted molar refractivity (Wildman–Crippen MR) is 82.5 cm³/mol. The minimum absolute atomic E-state index is 0.266. The molecule has 2 rings (SSSR count). The van der Waals surface area contributed by atoms with Gasteiger partial charge in [-0.05, 0) is 32.9 Å². The number of aryl methyl sites for hydroxylation is 2. The summed E-state index contributed by atoms with van der Waals surface area (Å²) in [6, 6.07) is 3.48. The summed E-state index contributed by atoms with van der Waals surface area (Å²) in [5.41, 5.74) is 0.730. The molecular weight excluding hydrogens is 284 g/mol. The van der Waals surface area contributed by atoms with Crippen LogP contribution in [0.4, 0.5) is 0 Å². The van der Waals surface area contributed by atoms with Gasteiger partial charge in [-0.25, -0.2) is 0 Å². The molecule has 0 fully saturated rings. The van der Waals surface area contributed by atoms with Crippen LogP contribution in [0.25, 0.3) is 0 Å². The highest BCUT2D eigenvalue weighted by molar-refractivity contribution is 5.79. The molecule has 0 bridgehead atoms. The Hall–Kier alpha value is -2.28. The zero-order valence-corrected chi connectivity index (χ0v) is 13.3. The van der Waals surface area contributed by atoms with E-state index in [0.29, 0.717) is 18.3 Å². The lowest BCUT2D eigenvalue weighted by atomic mass is 10.0. The molecule has 22 heavy (non-hydrogen) atoms. The van der Waals surface area contributed by atoms with Crippen LogP contribution in [0, 0.1) is 13.8 Å². The molecule has 7 nitrogen and oxygen atoms in total. The van der Waals surface area contributed by atoms with Gasteiger partial charge in [0.05, 0.1) is 18.5 Å². The van der Waals surface area contributed by atoms with Gasteiger partial charge in [-0.1, -0.05) is 5.16 Å². The molecule has 0 radical (unpaired) electrons. The highest BCUT2D eigenvalue weighted by Gasteiger charge is 2.26. The maximum atomic E-state index is 10.4. The van der Waals surface area contributed by atoms with Gasteiger partial charge < -0.3 is 24.7 Å². The maximum absolute atomic E-state index is 10.4. The Kier molecular flexibility index (Phi) is 4.87. The van der Waals surface area contributed by atoms with Crippen LogP contribution in [0.3, 0.4) is 0 Å². The number of nitrogens with zero attached hydrogens (tertiary/aromatic N) is 2. The molecule has 2 aromatic heterocycles. The van der Waals surface area contributed by atoms with Crippen LogP contribution in [0.2, 0.25) is 0 Å². The topological polar surface area (TPSA) is 95.8 Å². The molecule has 0 aliphatic carbocycles. The van der Waals surface area contributed by atoms with Gasteiger partial charge in [-0.2, -0.15) is 0 Å². The van der Waals surface area contributed by atoms with E-state index in [-0.39, 0.29) is 6.54 Å². The fraction of sp³-hybridized carbons (Fsp3) is 0.467. The molecule has 1 atom stereocenters. The van der Waals surface area contributed by atoms with Gasteiger partial charge in [-0.3, -0.25) is 4.99 Å². The number of aliphatic hydroxyl groups is 1. The number of hydrogen-bond acceptors (Lipinski definition) is 5. The van der Waals surface area contributed by atoms with Gasteiger partial charge in [0, 0.05) is 19.2 Å². The second-order valence-electron chi connectivity index (χ2n) is 5.33. The van der Waals surface area contributed by atoms with Crippen molar-refractivity contribution in [3.8, 4) is 0 Å². The van der Waals surface area contributed by atoms with Gasteiger partial charge in [0.15, 0.2) is 5.96 Å². The van der Waals surface area contributed by atoms with Crippen molar-refractivity contribution < 1.29 is 14.0 Å². The minimum atomic E-state index is -1.12. The molecule has 120 valence electrons. The first-order valence-electron chi connectivity index (χ1n) is 7.06. The van der Waals surface area contributed by atoms with E-state index in [2.05, 4.69) is 20.8 Å². The third-order valence-corrected chi connectivity index (χ3v) is 3.49. The predicted octanol–water partition coefficient (Wildman–Crippen LogP) is 1.46. The summed E-state index contributed by atoms with van der Waals surface area (Å²) in [7, 11) is 1.67. The quantitative estimate of drug-likeness (QED) is 0.572. The Balaban J connectivity index is 1.91. The van der Waals surface area contributed by atoms with Crippen LogP contribution in [0.1, 0.15) is 29.7 Å². The van der Waals surface area contributed by atoms with E-state index < -0.39 is 5.60 Å². The average molecular weight is 306 g/mol. The van der Waals surface area contributed by atoms with Crippen LogP contribution in [0.15, 0.2) is 32.3 Å². The summed E-state index contributed by atoms with van der Waals surface area (Å²) in [6.07, 6.45) is 1.54. The van der Waals surface area contributed by atoms with E-state index in [0.717, 1.165) is 17.0 Å². The molecule has 1 unspecified atom stereocenters. The number of furan rings is 1. The normalized spacial score (nSPS) is 14.7. The molecule has 3 N–H and O–H groups in total. The second kappa shape index (κ2) is 6.65. The monoisotopic (exact) mass is 306 g/mol. The first-order valence-corrected chi connectivity index (χ1v) is 7.06. The molecule has 0 saturated heterocycles. The molecule has 0 aliphatic rings. The third kappa shape index (κ3) is 3.67. The van der Waals surface area contributed by atoms with Crippen molar-refractivity contribution in [1.82, 2.24) is 15.8 Å². The lowest BCUT2D eigenvalue weighted by Crippen LogP contribution is -2.44. The Morgan fingerprint density at radius 1 is 1.41 bits per heavy atom. The van der Waals surface area contributed by atoms with E-state index in [4.69, 9.17) is 8.94 Å². The van der Waals surface area contributed by atoms with Crippen LogP contribution in [0.5, 0.6) is 0 Å². The van der Waals surface area contributed by atoms with E-state index in [1.165, 1.54) is 6.26 Å². The number of rotatable bonds is 5. The molecular formula is C15H22N4O3. The molecule has 0 saturated carbocycles. The van der Waals surface area contributed by atoms with Crippen molar-refractivity contribution >= 4 is 5.96 Å². The molecule has 2 heterocycles. The van der Waals surface area contributed by atoms with Crippen LogP contribution < -0.4 is 10.6 Å². The smallest absolute Gasteiger partial charge is 0.191 e.